The molecule has 2 aliphatic rings. The van der Waals surface area contributed by atoms with Gasteiger partial charge in [-0.1, -0.05) is 30.3 Å². The minimum Gasteiger partial charge on any atom is -0.409 e. The van der Waals surface area contributed by atoms with Crippen LogP contribution in [0.25, 0.3) is 21.7 Å². The summed E-state index contributed by atoms with van der Waals surface area (Å²) in [6.45, 7) is 3.15. The number of nitrogen functional groups attached to an aromatic ring is 1. The van der Waals surface area contributed by atoms with Gasteiger partial charge in [0.25, 0.3) is 5.91 Å². The molecule has 5 aromatic rings. The number of nitrogens with zero attached hydrogens (tertiary/aromatic N) is 3. The molecule has 0 saturated carbocycles. The van der Waals surface area contributed by atoms with Crippen LogP contribution >= 0.6 is 11.6 Å². The van der Waals surface area contributed by atoms with Crippen molar-refractivity contribution in [2.45, 2.75) is 12.3 Å². The molecule has 1 saturated heterocycles. The molecule has 2 aliphatic heterocycles. The number of nitrogens with one attached hydrogen (secondary N) is 1. The number of amides is 2. The summed E-state index contributed by atoms with van der Waals surface area (Å²) in [5, 5.41) is 2.55. The number of H-pyrrole nitrogens is 1. The van der Waals surface area contributed by atoms with Crippen LogP contribution in [0.3, 0.4) is 0 Å². The zero-order valence-electron chi connectivity index (χ0n) is 25.5. The number of carbonyl (C=O) groups excluding carboxylic acids is 3. The number of halogens is 1. The van der Waals surface area contributed by atoms with E-state index < -0.39 is 6.09 Å². The molecule has 3 heterocycles. The average Bonchev–Trinajstić information content (AvgIpc) is 3.66. The number of ketones is 1. The number of benzene rings is 4. The minimum atomic E-state index is -0.399. The molecule has 1 aromatic heterocycles. The smallest absolute Gasteiger partial charge is 0.409 e. The lowest BCUT2D eigenvalue weighted by molar-refractivity contribution is 0.0979. The normalized spacial score (nSPS) is 16.6. The maximum absolute atomic E-state index is 14.1. The van der Waals surface area contributed by atoms with E-state index in [1.807, 2.05) is 55.6 Å². The van der Waals surface area contributed by atoms with Gasteiger partial charge in [0.1, 0.15) is 11.4 Å². The molecule has 0 bridgehead atoms. The summed E-state index contributed by atoms with van der Waals surface area (Å²) in [7, 11) is 2.03. The molecule has 10 heteroatoms. The topological polar surface area (TPSA) is 112 Å². The van der Waals surface area contributed by atoms with Crippen LogP contribution in [0.4, 0.5) is 16.2 Å². The van der Waals surface area contributed by atoms with Crippen molar-refractivity contribution in [3.63, 3.8) is 0 Å². The zero-order valence-corrected chi connectivity index (χ0v) is 26.2. The van der Waals surface area contributed by atoms with Crippen molar-refractivity contribution in [3.8, 4) is 5.75 Å². The maximum atomic E-state index is 14.1. The Bertz CT molecular complexity index is 1980. The van der Waals surface area contributed by atoms with Gasteiger partial charge in [-0.25, -0.2) is 4.79 Å². The van der Waals surface area contributed by atoms with Crippen LogP contribution in [-0.2, 0) is 6.42 Å². The average molecular weight is 636 g/mol. The van der Waals surface area contributed by atoms with E-state index in [4.69, 9.17) is 22.1 Å². The molecule has 1 atom stereocenters. The monoisotopic (exact) mass is 635 g/mol. The van der Waals surface area contributed by atoms with Crippen LogP contribution < -0.4 is 15.4 Å². The van der Waals surface area contributed by atoms with Gasteiger partial charge >= 0.3 is 6.09 Å². The number of alkyl halides is 1. The first-order valence-electron chi connectivity index (χ1n) is 15.4. The number of Topliss-reactive ketones (excluding diaryl/α,β-unsaturated/α-hetero) is 1. The van der Waals surface area contributed by atoms with Gasteiger partial charge in [-0.2, -0.15) is 0 Å². The third kappa shape index (κ3) is 5.57. The predicted octanol–water partition coefficient (Wildman–Crippen LogP) is 6.06. The van der Waals surface area contributed by atoms with E-state index in [1.165, 1.54) is 0 Å². The van der Waals surface area contributed by atoms with Crippen LogP contribution in [0.5, 0.6) is 5.75 Å². The van der Waals surface area contributed by atoms with Gasteiger partial charge in [0, 0.05) is 84.5 Å². The van der Waals surface area contributed by atoms with E-state index in [2.05, 4.69) is 9.88 Å². The van der Waals surface area contributed by atoms with Crippen molar-refractivity contribution in [2.24, 2.45) is 0 Å². The molecule has 0 aliphatic carbocycles. The molecule has 9 nitrogen and oxygen atoms in total. The number of carbonyl (C=O) groups is 3. The van der Waals surface area contributed by atoms with E-state index in [1.54, 1.807) is 40.1 Å². The molecule has 0 radical (unpaired) electrons. The second-order valence-electron chi connectivity index (χ2n) is 12.1. The van der Waals surface area contributed by atoms with Crippen molar-refractivity contribution >= 4 is 62.4 Å². The Labute approximate surface area is 271 Å². The van der Waals surface area contributed by atoms with Crippen LogP contribution in [0.1, 0.15) is 37.9 Å². The minimum absolute atomic E-state index is 0.0108. The molecule has 46 heavy (non-hydrogen) atoms. The number of aromatic amines is 1. The molecule has 7 rings (SSSR count). The standard InChI is InChI=1S/C36H34ClN5O4/c1-40-12-14-41(15-13-40)36(45)46-33-19-31-34(28-5-3-2-4-27(28)33)25(20-37)21-42(31)35(44)30-18-24-16-22(6-11-29(24)39-30)17-32(43)23-7-9-26(38)10-8-23/h2-11,16,18-19,25,39H,12-15,17,20-21,38H2,1H3/t25-/m1/s1. The second-order valence-corrected chi connectivity index (χ2v) is 12.4. The molecular formula is C36H34ClN5O4. The quantitative estimate of drug-likeness (QED) is 0.133. The number of hydrogen-bond donors (Lipinski definition) is 2. The number of anilines is 2. The fourth-order valence-corrected chi connectivity index (χ4v) is 6.72. The van der Waals surface area contributed by atoms with E-state index in [-0.39, 0.29) is 24.0 Å². The third-order valence-corrected chi connectivity index (χ3v) is 9.40. The largest absolute Gasteiger partial charge is 0.415 e. The second kappa shape index (κ2) is 12.2. The zero-order chi connectivity index (χ0) is 31.9. The Morgan fingerprint density at radius 1 is 0.935 bits per heavy atom. The van der Waals surface area contributed by atoms with Gasteiger partial charge in [0.15, 0.2) is 5.78 Å². The van der Waals surface area contributed by atoms with Gasteiger partial charge in [0.2, 0.25) is 0 Å². The SMILES string of the molecule is CN1CCN(C(=O)Oc2cc3c(c4ccccc24)[C@H](CCl)CN3C(=O)c2cc3cc(CC(=O)c4ccc(N)cc4)ccc3[nH]2)CC1. The molecule has 1 fully saturated rings. The first kappa shape index (κ1) is 29.8. The summed E-state index contributed by atoms with van der Waals surface area (Å²) in [6.07, 6.45) is -0.169. The van der Waals surface area contributed by atoms with Crippen molar-refractivity contribution in [2.75, 3.05) is 56.3 Å². The highest BCUT2D eigenvalue weighted by atomic mass is 35.5. The predicted molar refractivity (Wildman–Crippen MR) is 181 cm³/mol. The molecule has 234 valence electrons. The number of hydrogen-bond acceptors (Lipinski definition) is 6. The first-order chi connectivity index (χ1) is 22.3. The maximum Gasteiger partial charge on any atom is 0.415 e. The van der Waals surface area contributed by atoms with Crippen molar-refractivity contribution in [3.05, 3.63) is 101 Å². The molecular weight excluding hydrogens is 602 g/mol. The third-order valence-electron chi connectivity index (χ3n) is 9.03. The van der Waals surface area contributed by atoms with Crippen LogP contribution in [0, 0.1) is 0 Å². The van der Waals surface area contributed by atoms with Gasteiger partial charge in [0.05, 0.1) is 5.69 Å². The van der Waals surface area contributed by atoms with Gasteiger partial charge in [-0.05, 0) is 66.0 Å². The molecule has 0 spiro atoms. The first-order valence-corrected chi connectivity index (χ1v) is 15.9. The van der Waals surface area contributed by atoms with E-state index in [0.29, 0.717) is 53.9 Å². The van der Waals surface area contributed by atoms with Gasteiger partial charge in [-0.15, -0.1) is 11.6 Å². The van der Waals surface area contributed by atoms with Crippen LogP contribution in [0.2, 0.25) is 0 Å². The lowest BCUT2D eigenvalue weighted by atomic mass is 9.95. The van der Waals surface area contributed by atoms with Crippen molar-refractivity contribution < 1.29 is 19.1 Å². The summed E-state index contributed by atoms with van der Waals surface area (Å²) in [4.78, 5) is 49.1. The van der Waals surface area contributed by atoms with Gasteiger partial charge < -0.3 is 30.2 Å². The number of fused-ring (bicyclic) bond motifs is 4. The van der Waals surface area contributed by atoms with Crippen molar-refractivity contribution in [1.82, 2.24) is 14.8 Å². The Balaban J connectivity index is 1.19. The Kier molecular flexibility index (Phi) is 7.88. The number of likely N-dealkylation sites (N-methyl/N-ethyl adjacent to an activating group) is 1. The Morgan fingerprint density at radius 2 is 1.67 bits per heavy atom. The summed E-state index contributed by atoms with van der Waals surface area (Å²) < 4.78 is 6.02. The van der Waals surface area contributed by atoms with E-state index >= 15 is 0 Å². The van der Waals surface area contributed by atoms with Crippen molar-refractivity contribution in [1.29, 1.82) is 0 Å². The number of rotatable bonds is 6. The molecule has 4 aromatic carbocycles. The highest BCUT2D eigenvalue weighted by Crippen LogP contribution is 2.46. The Hall–Kier alpha value is -4.86. The highest BCUT2D eigenvalue weighted by molar-refractivity contribution is 6.19. The number of nitrogens with two attached hydrogens (primary N) is 1. The summed E-state index contributed by atoms with van der Waals surface area (Å²) >= 11 is 6.49. The van der Waals surface area contributed by atoms with E-state index in [0.717, 1.165) is 45.9 Å². The molecule has 0 unspecified atom stereocenters. The highest BCUT2D eigenvalue weighted by Gasteiger charge is 2.36. The summed E-state index contributed by atoms with van der Waals surface area (Å²) in [5.74, 6) is 0.431. The molecule has 2 amide bonds. The summed E-state index contributed by atoms with van der Waals surface area (Å²) in [5.41, 5.74) is 10.7. The van der Waals surface area contributed by atoms with Gasteiger partial charge in [-0.3, -0.25) is 9.59 Å². The fraction of sp³-hybridized carbons (Fsp3) is 0.250. The number of piperazine rings is 1. The van der Waals surface area contributed by atoms with Crippen LogP contribution in [0.15, 0.2) is 78.9 Å². The Morgan fingerprint density at radius 3 is 2.41 bits per heavy atom. The number of ether oxygens (including phenoxy) is 1. The number of aromatic nitrogens is 1. The summed E-state index contributed by atoms with van der Waals surface area (Å²) in [6, 6.07) is 24.0. The lowest BCUT2D eigenvalue weighted by Crippen LogP contribution is -2.48. The lowest BCUT2D eigenvalue weighted by Gasteiger charge is -2.31. The fourth-order valence-electron chi connectivity index (χ4n) is 6.47. The van der Waals surface area contributed by atoms with Crippen LogP contribution in [-0.4, -0.2) is 78.2 Å². The molecule has 3 N–H and O–H groups in total. The van der Waals surface area contributed by atoms with E-state index in [9.17, 15) is 14.4 Å².